The molecule has 0 bridgehead atoms. The highest BCUT2D eigenvalue weighted by molar-refractivity contribution is 5.67. The Morgan fingerprint density at radius 2 is 1.62 bits per heavy atom. The minimum absolute atomic E-state index is 0.0807. The molecule has 0 aliphatic carbocycles. The van der Waals surface area contributed by atoms with Crippen molar-refractivity contribution in [2.24, 2.45) is 7.05 Å². The lowest BCUT2D eigenvalue weighted by Crippen LogP contribution is -2.20. The van der Waals surface area contributed by atoms with Crippen molar-refractivity contribution in [2.45, 2.75) is 13.8 Å². The normalized spacial score (nSPS) is 10.4. The molecule has 0 unspecified atom stereocenters. The first kappa shape index (κ1) is 10.7. The number of rotatable bonds is 1. The van der Waals surface area contributed by atoms with Gasteiger partial charge in [-0.2, -0.15) is 0 Å². The Balaban J connectivity index is 2.73. The van der Waals surface area contributed by atoms with E-state index in [0.29, 0.717) is 0 Å². The quantitative estimate of drug-likeness (QED) is 0.713. The van der Waals surface area contributed by atoms with E-state index in [1.807, 2.05) is 38.2 Å². The molecule has 2 aromatic rings. The van der Waals surface area contributed by atoms with Gasteiger partial charge in [-0.15, -0.1) is 0 Å². The fourth-order valence-corrected chi connectivity index (χ4v) is 1.88. The maximum absolute atomic E-state index is 11.7. The molecule has 2 nitrogen and oxygen atoms in total. The Kier molecular flexibility index (Phi) is 2.65. The Labute approximate surface area is 95.2 Å². The largest absolute Gasteiger partial charge is 0.318 e. The van der Waals surface area contributed by atoms with Gasteiger partial charge in [-0.3, -0.25) is 4.79 Å². The number of nitrogens with zero attached hydrogens (tertiary/aromatic N) is 1. The second-order valence-electron chi connectivity index (χ2n) is 4.07. The van der Waals surface area contributed by atoms with E-state index in [1.165, 1.54) is 0 Å². The second-order valence-corrected chi connectivity index (χ2v) is 4.07. The zero-order valence-electron chi connectivity index (χ0n) is 9.82. The molecule has 0 saturated carbocycles. The zero-order chi connectivity index (χ0) is 11.7. The van der Waals surface area contributed by atoms with Gasteiger partial charge in [0.15, 0.2) is 0 Å². The number of aryl methyl sites for hydroxylation is 1. The minimum Gasteiger partial charge on any atom is -0.318 e. The lowest BCUT2D eigenvalue weighted by molar-refractivity contribution is 0.845. The predicted molar refractivity (Wildman–Crippen MR) is 66.6 cm³/mol. The van der Waals surface area contributed by atoms with Crippen LogP contribution in [0.15, 0.2) is 41.3 Å². The standard InChI is InChI=1S/C14H15NO/c1-10-11(2)14(16)15(3)9-13(10)12-7-5-4-6-8-12/h4-9H,1-3H3. The fraction of sp³-hybridized carbons (Fsp3) is 0.214. The van der Waals surface area contributed by atoms with Crippen LogP contribution in [0.1, 0.15) is 11.1 Å². The third kappa shape index (κ3) is 1.67. The molecule has 0 aliphatic heterocycles. The van der Waals surface area contributed by atoms with Crippen molar-refractivity contribution in [2.75, 3.05) is 0 Å². The van der Waals surface area contributed by atoms with E-state index in [4.69, 9.17) is 0 Å². The van der Waals surface area contributed by atoms with Crippen molar-refractivity contribution >= 4 is 0 Å². The Morgan fingerprint density at radius 3 is 2.25 bits per heavy atom. The SMILES string of the molecule is Cc1c(-c2ccccc2)cn(C)c(=O)c1C. The number of aromatic nitrogens is 1. The molecular formula is C14H15NO. The van der Waals surface area contributed by atoms with Crippen LogP contribution in [-0.2, 0) is 7.05 Å². The van der Waals surface area contributed by atoms with Crippen molar-refractivity contribution in [3.05, 3.63) is 58.0 Å². The van der Waals surface area contributed by atoms with Gasteiger partial charge in [0.1, 0.15) is 0 Å². The van der Waals surface area contributed by atoms with Crippen molar-refractivity contribution in [3.63, 3.8) is 0 Å². The summed E-state index contributed by atoms with van der Waals surface area (Å²) in [5.41, 5.74) is 4.24. The van der Waals surface area contributed by atoms with E-state index >= 15 is 0 Å². The highest BCUT2D eigenvalue weighted by Crippen LogP contribution is 2.22. The molecule has 0 amide bonds. The summed E-state index contributed by atoms with van der Waals surface area (Å²) in [5.74, 6) is 0. The molecule has 0 aliphatic rings. The van der Waals surface area contributed by atoms with E-state index in [-0.39, 0.29) is 5.56 Å². The summed E-state index contributed by atoms with van der Waals surface area (Å²) in [6, 6.07) is 10.1. The first-order chi connectivity index (χ1) is 7.61. The summed E-state index contributed by atoms with van der Waals surface area (Å²) in [6.07, 6.45) is 1.90. The zero-order valence-corrected chi connectivity index (χ0v) is 9.82. The van der Waals surface area contributed by atoms with Gasteiger partial charge in [-0.05, 0) is 25.0 Å². The van der Waals surface area contributed by atoms with Crippen LogP contribution in [0.4, 0.5) is 0 Å². The topological polar surface area (TPSA) is 22.0 Å². The summed E-state index contributed by atoms with van der Waals surface area (Å²) in [6.45, 7) is 3.88. The monoisotopic (exact) mass is 213 g/mol. The van der Waals surface area contributed by atoms with Crippen LogP contribution in [0.5, 0.6) is 0 Å². The van der Waals surface area contributed by atoms with Crippen molar-refractivity contribution in [1.82, 2.24) is 4.57 Å². The first-order valence-electron chi connectivity index (χ1n) is 5.33. The maximum atomic E-state index is 11.7. The van der Waals surface area contributed by atoms with Gasteiger partial charge in [0.05, 0.1) is 0 Å². The van der Waals surface area contributed by atoms with Crippen LogP contribution in [0.25, 0.3) is 11.1 Å². The molecule has 0 saturated heterocycles. The van der Waals surface area contributed by atoms with Gasteiger partial charge in [0.25, 0.3) is 5.56 Å². The maximum Gasteiger partial charge on any atom is 0.253 e. The van der Waals surface area contributed by atoms with E-state index in [1.54, 1.807) is 11.6 Å². The smallest absolute Gasteiger partial charge is 0.253 e. The minimum atomic E-state index is 0.0807. The molecule has 0 spiro atoms. The van der Waals surface area contributed by atoms with Crippen molar-refractivity contribution in [3.8, 4) is 11.1 Å². The fourth-order valence-electron chi connectivity index (χ4n) is 1.88. The van der Waals surface area contributed by atoms with Gasteiger partial charge in [0.2, 0.25) is 0 Å². The molecule has 1 aromatic heterocycles. The van der Waals surface area contributed by atoms with E-state index in [0.717, 1.165) is 22.3 Å². The van der Waals surface area contributed by atoms with Crippen LogP contribution < -0.4 is 5.56 Å². The molecule has 0 radical (unpaired) electrons. The van der Waals surface area contributed by atoms with Gasteiger partial charge < -0.3 is 4.57 Å². The molecule has 0 atom stereocenters. The molecule has 1 aromatic carbocycles. The molecule has 1 heterocycles. The van der Waals surface area contributed by atoms with Gasteiger partial charge in [-0.1, -0.05) is 30.3 Å². The molecule has 0 fully saturated rings. The van der Waals surface area contributed by atoms with Crippen LogP contribution >= 0.6 is 0 Å². The summed E-state index contributed by atoms with van der Waals surface area (Å²) < 4.78 is 1.64. The number of benzene rings is 1. The highest BCUT2D eigenvalue weighted by Gasteiger charge is 2.08. The van der Waals surface area contributed by atoms with Crippen LogP contribution in [0, 0.1) is 13.8 Å². The van der Waals surface area contributed by atoms with Gasteiger partial charge in [0, 0.05) is 24.4 Å². The number of pyridine rings is 1. The number of hydrogen-bond donors (Lipinski definition) is 0. The van der Waals surface area contributed by atoms with Crippen LogP contribution in [-0.4, -0.2) is 4.57 Å². The highest BCUT2D eigenvalue weighted by atomic mass is 16.1. The number of hydrogen-bond acceptors (Lipinski definition) is 1. The molecular weight excluding hydrogens is 198 g/mol. The second kappa shape index (κ2) is 3.97. The van der Waals surface area contributed by atoms with Crippen LogP contribution in [0.3, 0.4) is 0 Å². The van der Waals surface area contributed by atoms with Crippen molar-refractivity contribution < 1.29 is 0 Å². The van der Waals surface area contributed by atoms with E-state index in [9.17, 15) is 4.79 Å². The average molecular weight is 213 g/mol. The Hall–Kier alpha value is -1.83. The first-order valence-corrected chi connectivity index (χ1v) is 5.33. The summed E-state index contributed by atoms with van der Waals surface area (Å²) in [4.78, 5) is 11.7. The summed E-state index contributed by atoms with van der Waals surface area (Å²) in [5, 5.41) is 0. The lowest BCUT2D eigenvalue weighted by Gasteiger charge is -2.11. The van der Waals surface area contributed by atoms with E-state index < -0.39 is 0 Å². The third-order valence-corrected chi connectivity index (χ3v) is 3.02. The summed E-state index contributed by atoms with van der Waals surface area (Å²) in [7, 11) is 1.79. The predicted octanol–water partition coefficient (Wildman–Crippen LogP) is 2.67. The van der Waals surface area contributed by atoms with Crippen LogP contribution in [0.2, 0.25) is 0 Å². The van der Waals surface area contributed by atoms with Crippen molar-refractivity contribution in [1.29, 1.82) is 0 Å². The van der Waals surface area contributed by atoms with Gasteiger partial charge >= 0.3 is 0 Å². The summed E-state index contributed by atoms with van der Waals surface area (Å²) >= 11 is 0. The Morgan fingerprint density at radius 1 is 1.00 bits per heavy atom. The van der Waals surface area contributed by atoms with Gasteiger partial charge in [-0.25, -0.2) is 0 Å². The molecule has 16 heavy (non-hydrogen) atoms. The molecule has 0 N–H and O–H groups in total. The Bertz CT molecular complexity index is 567. The third-order valence-electron chi connectivity index (χ3n) is 3.02. The average Bonchev–Trinajstić information content (AvgIpc) is 2.32. The molecule has 2 heteroatoms. The van der Waals surface area contributed by atoms with E-state index in [2.05, 4.69) is 12.1 Å². The molecule has 82 valence electrons. The molecule has 2 rings (SSSR count). The lowest BCUT2D eigenvalue weighted by atomic mass is 10.00.